The summed E-state index contributed by atoms with van der Waals surface area (Å²) in [4.78, 5) is 1.34. The largest absolute Gasteiger partial charge is 0.314 e. The van der Waals surface area contributed by atoms with Crippen LogP contribution in [0.5, 0.6) is 0 Å². The molecular formula is C17H21Cl2NS. The van der Waals surface area contributed by atoms with Gasteiger partial charge in [-0.15, -0.1) is 11.3 Å². The van der Waals surface area contributed by atoms with Crippen molar-refractivity contribution in [2.24, 2.45) is 5.92 Å². The van der Waals surface area contributed by atoms with Gasteiger partial charge in [-0.1, -0.05) is 55.2 Å². The van der Waals surface area contributed by atoms with Gasteiger partial charge in [-0.3, -0.25) is 0 Å². The van der Waals surface area contributed by atoms with E-state index in [1.165, 1.54) is 10.4 Å². The van der Waals surface area contributed by atoms with Crippen LogP contribution in [0.3, 0.4) is 0 Å². The fourth-order valence-electron chi connectivity index (χ4n) is 2.34. The summed E-state index contributed by atoms with van der Waals surface area (Å²) in [6.07, 6.45) is 2.01. The molecule has 4 heteroatoms. The smallest absolute Gasteiger partial charge is 0.0931 e. The van der Waals surface area contributed by atoms with Gasteiger partial charge in [0.05, 0.1) is 4.34 Å². The molecule has 1 nitrogen and oxygen atoms in total. The second kappa shape index (κ2) is 8.19. The number of hydrogen-bond donors (Lipinski definition) is 1. The van der Waals surface area contributed by atoms with Crippen molar-refractivity contribution < 1.29 is 0 Å². The molecule has 0 aliphatic carbocycles. The molecule has 0 spiro atoms. The Morgan fingerprint density at radius 3 is 2.43 bits per heavy atom. The molecule has 1 unspecified atom stereocenters. The first kappa shape index (κ1) is 16.8. The third-order valence-corrected chi connectivity index (χ3v) is 5.02. The lowest BCUT2D eigenvalue weighted by Crippen LogP contribution is -2.31. The molecule has 0 bridgehead atoms. The zero-order chi connectivity index (χ0) is 15.2. The third kappa shape index (κ3) is 5.63. The molecule has 114 valence electrons. The van der Waals surface area contributed by atoms with Crippen LogP contribution in [0.25, 0.3) is 0 Å². The van der Waals surface area contributed by atoms with Gasteiger partial charge >= 0.3 is 0 Å². The highest BCUT2D eigenvalue weighted by atomic mass is 35.5. The van der Waals surface area contributed by atoms with Crippen LogP contribution < -0.4 is 5.32 Å². The van der Waals surface area contributed by atoms with Gasteiger partial charge in [-0.05, 0) is 49.1 Å². The maximum atomic E-state index is 6.30. The lowest BCUT2D eigenvalue weighted by molar-refractivity contribution is 0.446. The molecular weight excluding hydrogens is 321 g/mol. The highest BCUT2D eigenvalue weighted by Gasteiger charge is 2.14. The SMILES string of the molecule is CC(C)NCC(Cc1ccc(Cl)s1)Cc1ccccc1Cl. The predicted octanol–water partition coefficient (Wildman–Crippen LogP) is 5.45. The summed E-state index contributed by atoms with van der Waals surface area (Å²) < 4.78 is 0.860. The van der Waals surface area contributed by atoms with E-state index in [-0.39, 0.29) is 0 Å². The third-order valence-electron chi connectivity index (χ3n) is 3.40. The van der Waals surface area contributed by atoms with Gasteiger partial charge in [0.1, 0.15) is 0 Å². The Morgan fingerprint density at radius 2 is 1.81 bits per heavy atom. The molecule has 2 rings (SSSR count). The van der Waals surface area contributed by atoms with E-state index in [9.17, 15) is 0 Å². The molecule has 21 heavy (non-hydrogen) atoms. The van der Waals surface area contributed by atoms with Crippen molar-refractivity contribution >= 4 is 34.5 Å². The zero-order valence-corrected chi connectivity index (χ0v) is 14.7. The molecule has 0 saturated carbocycles. The lowest BCUT2D eigenvalue weighted by Gasteiger charge is -2.19. The van der Waals surface area contributed by atoms with Crippen molar-refractivity contribution in [3.63, 3.8) is 0 Å². The minimum atomic E-state index is 0.491. The van der Waals surface area contributed by atoms with E-state index >= 15 is 0 Å². The zero-order valence-electron chi connectivity index (χ0n) is 12.4. The summed E-state index contributed by atoms with van der Waals surface area (Å²) in [6.45, 7) is 5.33. The van der Waals surface area contributed by atoms with Crippen molar-refractivity contribution in [3.05, 3.63) is 56.2 Å². The van der Waals surface area contributed by atoms with E-state index in [4.69, 9.17) is 23.2 Å². The second-order valence-corrected chi connectivity index (χ2v) is 7.84. The lowest BCUT2D eigenvalue weighted by atomic mass is 9.95. The van der Waals surface area contributed by atoms with E-state index in [1.807, 2.05) is 18.2 Å². The Morgan fingerprint density at radius 1 is 1.05 bits per heavy atom. The summed E-state index contributed by atoms with van der Waals surface area (Å²) in [5.74, 6) is 0.516. The fourth-order valence-corrected chi connectivity index (χ4v) is 3.75. The Bertz CT molecular complexity index is 565. The van der Waals surface area contributed by atoms with Crippen LogP contribution in [0.15, 0.2) is 36.4 Å². The monoisotopic (exact) mass is 341 g/mol. The van der Waals surface area contributed by atoms with Crippen LogP contribution >= 0.6 is 34.5 Å². The Kier molecular flexibility index (Phi) is 6.56. The van der Waals surface area contributed by atoms with Gasteiger partial charge in [-0.2, -0.15) is 0 Å². The van der Waals surface area contributed by atoms with E-state index in [0.29, 0.717) is 12.0 Å². The van der Waals surface area contributed by atoms with Crippen molar-refractivity contribution in [2.75, 3.05) is 6.54 Å². The van der Waals surface area contributed by atoms with E-state index in [2.05, 4.69) is 37.4 Å². The predicted molar refractivity (Wildman–Crippen MR) is 94.8 cm³/mol. The molecule has 1 atom stereocenters. The first-order valence-corrected chi connectivity index (χ1v) is 8.83. The molecule has 0 radical (unpaired) electrons. The number of nitrogens with one attached hydrogen (secondary N) is 1. The molecule has 2 aromatic rings. The molecule has 0 amide bonds. The highest BCUT2D eigenvalue weighted by Crippen LogP contribution is 2.26. The number of rotatable bonds is 7. The standard InChI is InChI=1S/C17H21Cl2NS/c1-12(2)20-11-13(10-15-7-8-17(19)21-15)9-14-5-3-4-6-16(14)18/h3-8,12-13,20H,9-11H2,1-2H3. The fraction of sp³-hybridized carbons (Fsp3) is 0.412. The summed E-state index contributed by atoms with van der Waals surface area (Å²) in [5, 5.41) is 4.40. The normalized spacial score (nSPS) is 12.8. The van der Waals surface area contributed by atoms with Gasteiger partial charge in [0, 0.05) is 15.9 Å². The van der Waals surface area contributed by atoms with Crippen molar-refractivity contribution in [3.8, 4) is 0 Å². The summed E-state index contributed by atoms with van der Waals surface area (Å²) >= 11 is 14.0. The molecule has 0 fully saturated rings. The van der Waals surface area contributed by atoms with E-state index < -0.39 is 0 Å². The van der Waals surface area contributed by atoms with Crippen LogP contribution in [0, 0.1) is 5.92 Å². The average Bonchev–Trinajstić information content (AvgIpc) is 2.84. The number of halogens is 2. The summed E-state index contributed by atoms with van der Waals surface area (Å²) in [6, 6.07) is 12.7. The molecule has 0 saturated heterocycles. The molecule has 1 aromatic carbocycles. The summed E-state index contributed by atoms with van der Waals surface area (Å²) in [7, 11) is 0. The maximum Gasteiger partial charge on any atom is 0.0931 e. The minimum absolute atomic E-state index is 0.491. The Balaban J connectivity index is 2.06. The van der Waals surface area contributed by atoms with Gasteiger partial charge in [-0.25, -0.2) is 0 Å². The van der Waals surface area contributed by atoms with E-state index in [1.54, 1.807) is 11.3 Å². The number of thiophene rings is 1. The van der Waals surface area contributed by atoms with Gasteiger partial charge in [0.15, 0.2) is 0 Å². The Labute approximate surface area is 141 Å². The molecule has 1 aromatic heterocycles. The quantitative estimate of drug-likeness (QED) is 0.705. The van der Waals surface area contributed by atoms with Crippen LogP contribution in [-0.2, 0) is 12.8 Å². The van der Waals surface area contributed by atoms with Crippen molar-refractivity contribution in [1.29, 1.82) is 0 Å². The van der Waals surface area contributed by atoms with Gasteiger partial charge in [0.2, 0.25) is 0 Å². The minimum Gasteiger partial charge on any atom is -0.314 e. The number of hydrogen-bond acceptors (Lipinski definition) is 2. The second-order valence-electron chi connectivity index (χ2n) is 5.63. The van der Waals surface area contributed by atoms with Crippen LogP contribution in [0.4, 0.5) is 0 Å². The van der Waals surface area contributed by atoms with Crippen molar-refractivity contribution in [2.45, 2.75) is 32.7 Å². The number of benzene rings is 1. The Hall–Kier alpha value is -0.540. The molecule has 0 aliphatic rings. The topological polar surface area (TPSA) is 12.0 Å². The molecule has 0 aliphatic heterocycles. The van der Waals surface area contributed by atoms with E-state index in [0.717, 1.165) is 28.7 Å². The average molecular weight is 342 g/mol. The van der Waals surface area contributed by atoms with Crippen LogP contribution in [-0.4, -0.2) is 12.6 Å². The first-order chi connectivity index (χ1) is 10.0. The van der Waals surface area contributed by atoms with Gasteiger partial charge < -0.3 is 5.32 Å². The molecule has 1 N–H and O–H groups in total. The van der Waals surface area contributed by atoms with Crippen LogP contribution in [0.2, 0.25) is 9.36 Å². The summed E-state index contributed by atoms with van der Waals surface area (Å²) in [5.41, 5.74) is 1.22. The molecule has 1 heterocycles. The first-order valence-electron chi connectivity index (χ1n) is 7.25. The highest BCUT2D eigenvalue weighted by molar-refractivity contribution is 7.16. The van der Waals surface area contributed by atoms with Crippen LogP contribution in [0.1, 0.15) is 24.3 Å². The maximum absolute atomic E-state index is 6.30. The van der Waals surface area contributed by atoms with Gasteiger partial charge in [0.25, 0.3) is 0 Å². The van der Waals surface area contributed by atoms with Crippen molar-refractivity contribution in [1.82, 2.24) is 5.32 Å².